The van der Waals surface area contributed by atoms with Gasteiger partial charge in [-0.05, 0) is 57.4 Å². The molecule has 0 unspecified atom stereocenters. The molecule has 3 aromatic heterocycles. The van der Waals surface area contributed by atoms with Crippen LogP contribution in [0.2, 0.25) is 0 Å². The van der Waals surface area contributed by atoms with Crippen LogP contribution in [0.1, 0.15) is 75.7 Å². The number of fused-ring (bicyclic) bond motifs is 1. The van der Waals surface area contributed by atoms with E-state index >= 15 is 0 Å². The van der Waals surface area contributed by atoms with Gasteiger partial charge in [0.1, 0.15) is 5.82 Å². The summed E-state index contributed by atoms with van der Waals surface area (Å²) >= 11 is 0. The number of nitrogens with one attached hydrogen (secondary N) is 5. The molecule has 0 spiro atoms. The molecule has 0 aromatic carbocycles. The molecule has 2 fully saturated rings. The van der Waals surface area contributed by atoms with E-state index in [-0.39, 0.29) is 35.5 Å². The van der Waals surface area contributed by atoms with Crippen LogP contribution in [0.4, 0.5) is 26.4 Å². The summed E-state index contributed by atoms with van der Waals surface area (Å²) in [6.07, 6.45) is 11.4. The average Bonchev–Trinajstić information content (AvgIpc) is 3.64. The molecule has 5 N–H and O–H groups in total. The third-order valence-electron chi connectivity index (χ3n) is 7.39. The third-order valence-corrected chi connectivity index (χ3v) is 7.39. The van der Waals surface area contributed by atoms with Crippen LogP contribution in [-0.4, -0.2) is 55.7 Å². The SMILES string of the molecule is CCC(CC)NC(=O)NC1CCC(Nc2cc(NC3CC3)c3ncc(C(=O)Nc4ccncc4F)n3n2)CC1. The largest absolute Gasteiger partial charge is 0.379 e. The van der Waals surface area contributed by atoms with Crippen molar-refractivity contribution in [2.24, 2.45) is 0 Å². The van der Waals surface area contributed by atoms with E-state index in [1.807, 2.05) is 6.07 Å². The maximum Gasteiger partial charge on any atom is 0.315 e. The predicted octanol–water partition coefficient (Wildman–Crippen LogP) is 4.30. The van der Waals surface area contributed by atoms with Gasteiger partial charge in [0.15, 0.2) is 17.2 Å². The van der Waals surface area contributed by atoms with Crippen LogP contribution in [0.25, 0.3) is 5.65 Å². The van der Waals surface area contributed by atoms with E-state index in [1.54, 1.807) is 0 Å². The summed E-state index contributed by atoms with van der Waals surface area (Å²) < 4.78 is 15.6. The van der Waals surface area contributed by atoms with E-state index in [9.17, 15) is 14.0 Å². The Morgan fingerprint density at radius 2 is 1.69 bits per heavy atom. The lowest BCUT2D eigenvalue weighted by Crippen LogP contribution is -2.47. The van der Waals surface area contributed by atoms with Gasteiger partial charge in [-0.25, -0.2) is 18.7 Å². The Morgan fingerprint density at radius 1 is 1.00 bits per heavy atom. The zero-order valence-corrected chi connectivity index (χ0v) is 22.3. The summed E-state index contributed by atoms with van der Waals surface area (Å²) in [4.78, 5) is 33.5. The fourth-order valence-electron chi connectivity index (χ4n) is 4.91. The molecule has 5 rings (SSSR count). The monoisotopic (exact) mass is 537 g/mol. The van der Waals surface area contributed by atoms with Gasteiger partial charge in [0.05, 0.1) is 23.8 Å². The Labute approximate surface area is 226 Å². The first-order valence-corrected chi connectivity index (χ1v) is 13.8. The quantitative estimate of drug-likeness (QED) is 0.260. The highest BCUT2D eigenvalue weighted by Gasteiger charge is 2.26. The van der Waals surface area contributed by atoms with Crippen molar-refractivity contribution in [2.45, 2.75) is 89.4 Å². The number of urea groups is 1. The molecule has 208 valence electrons. The summed E-state index contributed by atoms with van der Waals surface area (Å²) in [5, 5.41) is 20.4. The van der Waals surface area contributed by atoms with Crippen LogP contribution in [0.3, 0.4) is 0 Å². The Kier molecular flexibility index (Phi) is 8.08. The Bertz CT molecular complexity index is 1310. The highest BCUT2D eigenvalue weighted by Crippen LogP contribution is 2.30. The van der Waals surface area contributed by atoms with Gasteiger partial charge in [-0.3, -0.25) is 9.78 Å². The smallest absolute Gasteiger partial charge is 0.315 e. The van der Waals surface area contributed by atoms with E-state index in [1.165, 1.54) is 23.0 Å². The van der Waals surface area contributed by atoms with Crippen LogP contribution < -0.4 is 26.6 Å². The van der Waals surface area contributed by atoms with Crippen LogP contribution in [-0.2, 0) is 0 Å². The number of imidazole rings is 1. The average molecular weight is 538 g/mol. The number of carbonyl (C=O) groups excluding carboxylic acids is 2. The zero-order chi connectivity index (χ0) is 27.4. The molecule has 3 aromatic rings. The molecule has 12 heteroatoms. The Morgan fingerprint density at radius 3 is 2.38 bits per heavy atom. The number of halogens is 1. The topological polar surface area (TPSA) is 137 Å². The molecule has 2 aliphatic rings. The second-order valence-corrected chi connectivity index (χ2v) is 10.4. The van der Waals surface area contributed by atoms with E-state index in [0.717, 1.165) is 63.3 Å². The Hall–Kier alpha value is -3.96. The molecule has 2 aliphatic carbocycles. The van der Waals surface area contributed by atoms with Crippen molar-refractivity contribution in [2.75, 3.05) is 16.0 Å². The first-order valence-electron chi connectivity index (χ1n) is 13.8. The number of anilines is 3. The number of amides is 3. The minimum absolute atomic E-state index is 0.0366. The van der Waals surface area contributed by atoms with E-state index in [0.29, 0.717) is 17.5 Å². The second-order valence-electron chi connectivity index (χ2n) is 10.4. The molecule has 0 atom stereocenters. The molecule has 0 aliphatic heterocycles. The van der Waals surface area contributed by atoms with Gasteiger partial charge in [0.2, 0.25) is 0 Å². The maximum atomic E-state index is 14.1. The number of aromatic nitrogens is 4. The molecule has 11 nitrogen and oxygen atoms in total. The van der Waals surface area contributed by atoms with Gasteiger partial charge >= 0.3 is 6.03 Å². The van der Waals surface area contributed by atoms with Gasteiger partial charge in [0.25, 0.3) is 5.91 Å². The molecule has 2 saturated carbocycles. The lowest BCUT2D eigenvalue weighted by Gasteiger charge is -2.30. The number of hydrogen-bond acceptors (Lipinski definition) is 7. The van der Waals surface area contributed by atoms with Gasteiger partial charge in [0, 0.05) is 36.4 Å². The standard InChI is InChI=1S/C27H36FN9O2/c1-3-16(4-2)33-27(39)34-19-9-7-18(8-10-19)32-24-13-22(31-17-5-6-17)25-30-15-23(37(25)36-24)26(38)35-21-11-12-29-14-20(21)28/h11-19,31H,3-10H2,1-2H3,(H,32,36)(H,29,35,38)(H2,33,34,39). The summed E-state index contributed by atoms with van der Waals surface area (Å²) in [5.74, 6) is -0.521. The highest BCUT2D eigenvalue weighted by molar-refractivity contribution is 6.03. The zero-order valence-electron chi connectivity index (χ0n) is 22.3. The van der Waals surface area contributed by atoms with Crippen molar-refractivity contribution in [3.63, 3.8) is 0 Å². The summed E-state index contributed by atoms with van der Waals surface area (Å²) in [6.45, 7) is 4.14. The molecule has 0 saturated heterocycles. The van der Waals surface area contributed by atoms with Gasteiger partial charge in [-0.15, -0.1) is 5.10 Å². The lowest BCUT2D eigenvalue weighted by atomic mass is 9.91. The first-order chi connectivity index (χ1) is 18.9. The van der Waals surface area contributed by atoms with Crippen molar-refractivity contribution < 1.29 is 14.0 Å². The van der Waals surface area contributed by atoms with Crippen molar-refractivity contribution in [3.05, 3.63) is 42.2 Å². The maximum absolute atomic E-state index is 14.1. The molecule has 0 radical (unpaired) electrons. The van der Waals surface area contributed by atoms with Crippen molar-refractivity contribution in [3.8, 4) is 0 Å². The molecule has 3 amide bonds. The summed E-state index contributed by atoms with van der Waals surface area (Å²) in [6, 6.07) is 4.11. The van der Waals surface area contributed by atoms with Crippen molar-refractivity contribution >= 4 is 34.8 Å². The van der Waals surface area contributed by atoms with Gasteiger partial charge in [-0.1, -0.05) is 13.8 Å². The minimum atomic E-state index is -0.621. The number of hydrogen-bond donors (Lipinski definition) is 5. The molecule has 39 heavy (non-hydrogen) atoms. The van der Waals surface area contributed by atoms with Crippen LogP contribution in [0.5, 0.6) is 0 Å². The van der Waals surface area contributed by atoms with E-state index in [2.05, 4.69) is 55.5 Å². The van der Waals surface area contributed by atoms with Crippen molar-refractivity contribution in [1.82, 2.24) is 30.2 Å². The first kappa shape index (κ1) is 26.6. The van der Waals surface area contributed by atoms with Crippen LogP contribution in [0.15, 0.2) is 30.7 Å². The van der Waals surface area contributed by atoms with E-state index < -0.39 is 11.7 Å². The summed E-state index contributed by atoms with van der Waals surface area (Å²) in [7, 11) is 0. The third kappa shape index (κ3) is 6.55. The number of carbonyl (C=O) groups is 2. The molecular formula is C27H36FN9O2. The van der Waals surface area contributed by atoms with Crippen molar-refractivity contribution in [1.29, 1.82) is 0 Å². The van der Waals surface area contributed by atoms with Crippen LogP contribution >= 0.6 is 0 Å². The predicted molar refractivity (Wildman–Crippen MR) is 147 cm³/mol. The Balaban J connectivity index is 1.27. The highest BCUT2D eigenvalue weighted by atomic mass is 19.1. The minimum Gasteiger partial charge on any atom is -0.379 e. The van der Waals surface area contributed by atoms with Gasteiger partial charge in [-0.2, -0.15) is 0 Å². The number of rotatable bonds is 10. The van der Waals surface area contributed by atoms with E-state index in [4.69, 9.17) is 0 Å². The molecule has 0 bridgehead atoms. The fourth-order valence-corrected chi connectivity index (χ4v) is 4.91. The fraction of sp³-hybridized carbons (Fsp3) is 0.519. The summed E-state index contributed by atoms with van der Waals surface area (Å²) in [5.41, 5.74) is 1.55. The normalized spacial score (nSPS) is 19.1. The second kappa shape index (κ2) is 11.8. The lowest BCUT2D eigenvalue weighted by molar-refractivity contribution is 0.102. The molecule has 3 heterocycles. The van der Waals surface area contributed by atoms with Gasteiger partial charge < -0.3 is 26.6 Å². The number of nitrogens with zero attached hydrogens (tertiary/aromatic N) is 4. The van der Waals surface area contributed by atoms with Crippen LogP contribution in [0, 0.1) is 5.82 Å². The number of pyridine rings is 1. The molecular weight excluding hydrogens is 501 g/mol.